The highest BCUT2D eigenvalue weighted by Gasteiger charge is 2.22. The summed E-state index contributed by atoms with van der Waals surface area (Å²) in [5.41, 5.74) is -0.152. The zero-order valence-corrected chi connectivity index (χ0v) is 11.1. The zero-order chi connectivity index (χ0) is 11.8. The highest BCUT2D eigenvalue weighted by atomic mass is 127. The van der Waals surface area contributed by atoms with Crippen LogP contribution >= 0.6 is 33.3 Å². The first-order chi connectivity index (χ1) is 6.75. The van der Waals surface area contributed by atoms with Crippen LogP contribution in [0.4, 0.5) is 8.78 Å². The van der Waals surface area contributed by atoms with Crippen LogP contribution in [-0.2, 0) is 9.05 Å². The van der Waals surface area contributed by atoms with E-state index in [1.165, 1.54) is 6.92 Å². The minimum atomic E-state index is -3.99. The molecular weight excluding hydrogens is 363 g/mol. The van der Waals surface area contributed by atoms with E-state index in [1.807, 2.05) is 0 Å². The summed E-state index contributed by atoms with van der Waals surface area (Å²) in [4.78, 5) is 3.43. The third kappa shape index (κ3) is 2.76. The Morgan fingerprint density at radius 2 is 2.07 bits per heavy atom. The lowest BCUT2D eigenvalue weighted by Crippen LogP contribution is -2.04. The maximum absolute atomic E-state index is 12.4. The molecule has 8 heteroatoms. The van der Waals surface area contributed by atoms with Crippen molar-refractivity contribution in [1.29, 1.82) is 0 Å². The second kappa shape index (κ2) is 4.46. The van der Waals surface area contributed by atoms with E-state index in [0.29, 0.717) is 0 Å². The van der Waals surface area contributed by atoms with Crippen molar-refractivity contribution < 1.29 is 17.2 Å². The van der Waals surface area contributed by atoms with Crippen molar-refractivity contribution in [3.05, 3.63) is 20.9 Å². The predicted molar refractivity (Wildman–Crippen MR) is 59.7 cm³/mol. The summed E-state index contributed by atoms with van der Waals surface area (Å²) in [5, 5.41) is -0.377. The number of alkyl halides is 2. The molecule has 0 unspecified atom stereocenters. The lowest BCUT2D eigenvalue weighted by Gasteiger charge is -2.08. The van der Waals surface area contributed by atoms with Crippen molar-refractivity contribution in [3.63, 3.8) is 0 Å². The molecule has 0 aromatic carbocycles. The maximum Gasteiger partial charge on any atom is 0.278 e. The van der Waals surface area contributed by atoms with Gasteiger partial charge in [-0.15, -0.1) is 0 Å². The van der Waals surface area contributed by atoms with Gasteiger partial charge in [0.1, 0.15) is 0 Å². The highest BCUT2D eigenvalue weighted by Crippen LogP contribution is 2.29. The van der Waals surface area contributed by atoms with Crippen molar-refractivity contribution in [3.8, 4) is 0 Å². The Hall–Kier alpha value is -0.0200. The minimum absolute atomic E-state index is 0.142. The number of rotatable bonds is 2. The van der Waals surface area contributed by atoms with Crippen molar-refractivity contribution in [2.45, 2.75) is 18.4 Å². The van der Waals surface area contributed by atoms with Crippen LogP contribution in [0.2, 0.25) is 0 Å². The van der Waals surface area contributed by atoms with Crippen LogP contribution in [0.3, 0.4) is 0 Å². The van der Waals surface area contributed by atoms with Crippen LogP contribution in [0.15, 0.2) is 11.2 Å². The first-order valence-corrected chi connectivity index (χ1v) is 7.01. The van der Waals surface area contributed by atoms with Gasteiger partial charge < -0.3 is 0 Å². The van der Waals surface area contributed by atoms with E-state index in [0.717, 1.165) is 6.20 Å². The summed E-state index contributed by atoms with van der Waals surface area (Å²) >= 11 is 1.64. The molecule has 1 aromatic rings. The van der Waals surface area contributed by atoms with Gasteiger partial charge in [0.05, 0.1) is 0 Å². The van der Waals surface area contributed by atoms with Gasteiger partial charge in [-0.3, -0.25) is 0 Å². The van der Waals surface area contributed by atoms with Gasteiger partial charge in [0.15, 0.2) is 5.03 Å². The molecule has 0 fully saturated rings. The average molecular weight is 368 g/mol. The molecule has 84 valence electrons. The lowest BCUT2D eigenvalue weighted by molar-refractivity contribution is 0.149. The molecule has 0 aliphatic carbocycles. The Morgan fingerprint density at radius 1 is 1.53 bits per heavy atom. The lowest BCUT2D eigenvalue weighted by atomic mass is 10.2. The maximum atomic E-state index is 12.4. The first-order valence-electron chi connectivity index (χ1n) is 3.63. The molecule has 0 bridgehead atoms. The second-order valence-electron chi connectivity index (χ2n) is 2.70. The molecular formula is C7H5ClF2INO2S. The van der Waals surface area contributed by atoms with Crippen LogP contribution in [0.5, 0.6) is 0 Å². The predicted octanol–water partition coefficient (Wildman–Crippen LogP) is 2.86. The molecule has 0 aliphatic heterocycles. The summed E-state index contributed by atoms with van der Waals surface area (Å²) in [6.07, 6.45) is -1.86. The molecule has 0 saturated heterocycles. The van der Waals surface area contributed by atoms with Crippen molar-refractivity contribution in [1.82, 2.24) is 4.98 Å². The molecule has 0 radical (unpaired) electrons. The quantitative estimate of drug-likeness (QED) is 0.596. The fraction of sp³-hybridized carbons (Fsp3) is 0.286. The normalized spacial score (nSPS) is 12.1. The van der Waals surface area contributed by atoms with Crippen molar-refractivity contribution in [2.24, 2.45) is 0 Å². The van der Waals surface area contributed by atoms with Crippen LogP contribution in [0.1, 0.15) is 17.6 Å². The van der Waals surface area contributed by atoms with Gasteiger partial charge in [-0.05, 0) is 29.5 Å². The molecule has 0 spiro atoms. The smallest absolute Gasteiger partial charge is 0.243 e. The SMILES string of the molecule is Cc1c(S(=O)(=O)Cl)ncc(C(F)F)c1I. The van der Waals surface area contributed by atoms with Crippen molar-refractivity contribution >= 4 is 42.3 Å². The number of nitrogens with zero attached hydrogens (tertiary/aromatic N) is 1. The molecule has 0 N–H and O–H groups in total. The van der Waals surface area contributed by atoms with E-state index in [-0.39, 0.29) is 19.7 Å². The molecule has 0 saturated carbocycles. The summed E-state index contributed by atoms with van der Waals surface area (Å²) in [6.45, 7) is 1.38. The molecule has 3 nitrogen and oxygen atoms in total. The average Bonchev–Trinajstić information content (AvgIpc) is 2.06. The fourth-order valence-corrected chi connectivity index (χ4v) is 2.92. The highest BCUT2D eigenvalue weighted by molar-refractivity contribution is 14.1. The summed E-state index contributed by atoms with van der Waals surface area (Å²) in [5.74, 6) is 0. The van der Waals surface area contributed by atoms with E-state index in [2.05, 4.69) is 4.98 Å². The minimum Gasteiger partial charge on any atom is -0.243 e. The van der Waals surface area contributed by atoms with E-state index >= 15 is 0 Å². The Kier molecular flexibility index (Phi) is 3.88. The third-order valence-corrected chi connectivity index (χ3v) is 4.43. The monoisotopic (exact) mass is 367 g/mol. The van der Waals surface area contributed by atoms with Gasteiger partial charge in [-0.1, -0.05) is 0 Å². The van der Waals surface area contributed by atoms with Gasteiger partial charge >= 0.3 is 0 Å². The van der Waals surface area contributed by atoms with Gasteiger partial charge in [0, 0.05) is 31.6 Å². The summed E-state index contributed by atoms with van der Waals surface area (Å²) < 4.78 is 47.0. The molecule has 1 rings (SSSR count). The summed E-state index contributed by atoms with van der Waals surface area (Å²) in [6, 6.07) is 0. The number of hydrogen-bond acceptors (Lipinski definition) is 3. The third-order valence-electron chi connectivity index (χ3n) is 1.69. The first kappa shape index (κ1) is 13.0. The van der Waals surface area contributed by atoms with Gasteiger partial charge in [-0.25, -0.2) is 22.2 Å². The van der Waals surface area contributed by atoms with Gasteiger partial charge in [-0.2, -0.15) is 0 Å². The Balaban J connectivity index is 3.48. The van der Waals surface area contributed by atoms with E-state index in [1.54, 1.807) is 22.6 Å². The van der Waals surface area contributed by atoms with Crippen LogP contribution in [0, 0.1) is 10.5 Å². The number of aromatic nitrogens is 1. The Morgan fingerprint density at radius 3 is 2.47 bits per heavy atom. The number of halogens is 4. The standard InChI is InChI=1S/C7H5ClF2INO2S/c1-3-5(11)4(6(9)10)2-12-7(3)15(8,13)14/h2,6H,1H3. The van der Waals surface area contributed by atoms with Crippen LogP contribution in [-0.4, -0.2) is 13.4 Å². The van der Waals surface area contributed by atoms with E-state index in [4.69, 9.17) is 10.7 Å². The van der Waals surface area contributed by atoms with Crippen molar-refractivity contribution in [2.75, 3.05) is 0 Å². The number of hydrogen-bond donors (Lipinski definition) is 0. The second-order valence-corrected chi connectivity index (χ2v) is 6.26. The zero-order valence-electron chi connectivity index (χ0n) is 7.34. The molecule has 1 aromatic heterocycles. The molecule has 0 aliphatic rings. The summed E-state index contributed by atoms with van der Waals surface area (Å²) in [7, 11) is 1.10. The molecule has 0 amide bonds. The number of pyridine rings is 1. The largest absolute Gasteiger partial charge is 0.278 e. The fourth-order valence-electron chi connectivity index (χ4n) is 0.990. The van der Waals surface area contributed by atoms with Gasteiger partial charge in [0.2, 0.25) is 0 Å². The molecule has 15 heavy (non-hydrogen) atoms. The Bertz CT molecular complexity index is 492. The molecule has 1 heterocycles. The van der Waals surface area contributed by atoms with Gasteiger partial charge in [0.25, 0.3) is 15.5 Å². The molecule has 0 atom stereocenters. The topological polar surface area (TPSA) is 47.0 Å². The Labute approximate surface area is 103 Å². The van der Waals surface area contributed by atoms with Crippen LogP contribution in [0.25, 0.3) is 0 Å². The van der Waals surface area contributed by atoms with E-state index in [9.17, 15) is 17.2 Å². The van der Waals surface area contributed by atoms with Crippen LogP contribution < -0.4 is 0 Å². The van der Waals surface area contributed by atoms with E-state index < -0.39 is 15.5 Å².